The van der Waals surface area contributed by atoms with Crippen molar-refractivity contribution in [3.63, 3.8) is 0 Å². The molecule has 4 rings (SSSR count). The Morgan fingerprint density at radius 1 is 1.22 bits per heavy atom. The maximum Gasteiger partial charge on any atom is 0.119 e. The van der Waals surface area contributed by atoms with Gasteiger partial charge in [-0.2, -0.15) is 0 Å². The molecule has 3 aromatic rings. The number of imidazole rings is 1. The lowest BCUT2D eigenvalue weighted by molar-refractivity contribution is 0.298. The Morgan fingerprint density at radius 3 is 2.83 bits per heavy atom. The zero-order valence-electron chi connectivity index (χ0n) is 13.3. The second-order valence-corrected chi connectivity index (χ2v) is 6.28. The number of aromatic nitrogens is 2. The van der Waals surface area contributed by atoms with Crippen LogP contribution in [0.25, 0.3) is 11.0 Å². The summed E-state index contributed by atoms with van der Waals surface area (Å²) in [5.74, 6) is 2.66. The SMILES string of the molecule is Cc1cccc(OCCn2c(C3CC3)nc3c(N)cccc32)c1. The van der Waals surface area contributed by atoms with Crippen LogP contribution in [0.5, 0.6) is 5.75 Å². The molecule has 0 atom stereocenters. The van der Waals surface area contributed by atoms with Crippen molar-refractivity contribution in [2.75, 3.05) is 12.3 Å². The minimum absolute atomic E-state index is 0.584. The molecule has 1 heterocycles. The zero-order chi connectivity index (χ0) is 15.8. The van der Waals surface area contributed by atoms with Crippen molar-refractivity contribution < 1.29 is 4.74 Å². The van der Waals surface area contributed by atoms with Crippen LogP contribution in [0.4, 0.5) is 5.69 Å². The maximum atomic E-state index is 6.09. The molecular weight excluding hydrogens is 286 g/mol. The number of aryl methyl sites for hydroxylation is 1. The maximum absolute atomic E-state index is 6.09. The lowest BCUT2D eigenvalue weighted by atomic mass is 10.2. The fourth-order valence-corrected chi connectivity index (χ4v) is 3.03. The summed E-state index contributed by atoms with van der Waals surface area (Å²) in [6.07, 6.45) is 2.45. The van der Waals surface area contributed by atoms with E-state index in [-0.39, 0.29) is 0 Å². The molecule has 0 unspecified atom stereocenters. The van der Waals surface area contributed by atoms with Gasteiger partial charge >= 0.3 is 0 Å². The van der Waals surface area contributed by atoms with Crippen LogP contribution >= 0.6 is 0 Å². The van der Waals surface area contributed by atoms with Gasteiger partial charge in [0.15, 0.2) is 0 Å². The second-order valence-electron chi connectivity index (χ2n) is 6.28. The molecule has 0 saturated heterocycles. The van der Waals surface area contributed by atoms with Gasteiger partial charge in [0.2, 0.25) is 0 Å². The van der Waals surface area contributed by atoms with Gasteiger partial charge in [-0.15, -0.1) is 0 Å². The summed E-state index contributed by atoms with van der Waals surface area (Å²) >= 11 is 0. The van der Waals surface area contributed by atoms with Crippen molar-refractivity contribution in [3.05, 3.63) is 53.9 Å². The Bertz CT molecular complexity index is 849. The first-order valence-electron chi connectivity index (χ1n) is 8.16. The van der Waals surface area contributed by atoms with E-state index < -0.39 is 0 Å². The van der Waals surface area contributed by atoms with E-state index in [4.69, 9.17) is 15.5 Å². The molecule has 0 aliphatic heterocycles. The number of nitrogens with zero attached hydrogens (tertiary/aromatic N) is 2. The molecule has 1 aromatic heterocycles. The topological polar surface area (TPSA) is 53.1 Å². The first kappa shape index (κ1) is 14.1. The van der Waals surface area contributed by atoms with E-state index in [2.05, 4.69) is 29.7 Å². The van der Waals surface area contributed by atoms with Crippen molar-refractivity contribution >= 4 is 16.7 Å². The summed E-state index contributed by atoms with van der Waals surface area (Å²) in [5.41, 5.74) is 10.1. The van der Waals surface area contributed by atoms with E-state index in [1.807, 2.05) is 24.3 Å². The van der Waals surface area contributed by atoms with Crippen molar-refractivity contribution in [2.45, 2.75) is 32.2 Å². The number of fused-ring (bicyclic) bond motifs is 1. The normalized spacial score (nSPS) is 14.3. The average Bonchev–Trinajstić information content (AvgIpc) is 3.31. The highest BCUT2D eigenvalue weighted by atomic mass is 16.5. The summed E-state index contributed by atoms with van der Waals surface area (Å²) in [5, 5.41) is 0. The van der Waals surface area contributed by atoms with Gasteiger partial charge < -0.3 is 15.0 Å². The van der Waals surface area contributed by atoms with E-state index in [1.165, 1.54) is 18.4 Å². The van der Waals surface area contributed by atoms with Crippen LogP contribution < -0.4 is 10.5 Å². The third-order valence-corrected chi connectivity index (χ3v) is 4.36. The lowest BCUT2D eigenvalue weighted by Crippen LogP contribution is -2.10. The summed E-state index contributed by atoms with van der Waals surface area (Å²) in [6.45, 7) is 3.49. The third-order valence-electron chi connectivity index (χ3n) is 4.36. The van der Waals surface area contributed by atoms with Crippen LogP contribution in [0.3, 0.4) is 0 Å². The van der Waals surface area contributed by atoms with Gasteiger partial charge in [-0.1, -0.05) is 18.2 Å². The molecule has 1 fully saturated rings. The summed E-state index contributed by atoms with van der Waals surface area (Å²) in [7, 11) is 0. The largest absolute Gasteiger partial charge is 0.492 e. The van der Waals surface area contributed by atoms with Gasteiger partial charge in [-0.05, 0) is 49.6 Å². The van der Waals surface area contributed by atoms with Crippen LogP contribution in [-0.2, 0) is 6.54 Å². The van der Waals surface area contributed by atoms with Crippen molar-refractivity contribution in [3.8, 4) is 5.75 Å². The highest BCUT2D eigenvalue weighted by molar-refractivity contribution is 5.87. The molecule has 0 amide bonds. The summed E-state index contributed by atoms with van der Waals surface area (Å²) in [4.78, 5) is 4.80. The van der Waals surface area contributed by atoms with Crippen molar-refractivity contribution in [2.24, 2.45) is 0 Å². The molecule has 4 nitrogen and oxygen atoms in total. The predicted octanol–water partition coefficient (Wildman–Crippen LogP) is 3.88. The van der Waals surface area contributed by atoms with Gasteiger partial charge in [-0.25, -0.2) is 4.98 Å². The molecule has 0 radical (unpaired) electrons. The molecular formula is C19H21N3O. The number of para-hydroxylation sites is 1. The Labute approximate surface area is 135 Å². The molecule has 1 saturated carbocycles. The number of hydrogen-bond acceptors (Lipinski definition) is 3. The van der Waals surface area contributed by atoms with Gasteiger partial charge in [0.05, 0.1) is 17.7 Å². The molecule has 1 aliphatic carbocycles. The third kappa shape index (κ3) is 2.77. The standard InChI is InChI=1S/C19H21N3O/c1-13-4-2-5-15(12-13)23-11-10-22-17-7-3-6-16(20)18(17)21-19(22)14-8-9-14/h2-7,12,14H,8-11,20H2,1H3. The molecule has 0 bridgehead atoms. The van der Waals surface area contributed by atoms with E-state index in [9.17, 15) is 0 Å². The van der Waals surface area contributed by atoms with Crippen molar-refractivity contribution in [1.29, 1.82) is 0 Å². The molecule has 4 heteroatoms. The van der Waals surface area contributed by atoms with Crippen LogP contribution in [-0.4, -0.2) is 16.2 Å². The predicted molar refractivity (Wildman–Crippen MR) is 92.8 cm³/mol. The van der Waals surface area contributed by atoms with Crippen LogP contribution in [0.2, 0.25) is 0 Å². The number of benzene rings is 2. The fraction of sp³-hybridized carbons (Fsp3) is 0.316. The highest BCUT2D eigenvalue weighted by Crippen LogP contribution is 2.41. The Hall–Kier alpha value is -2.49. The Kier molecular flexibility index (Phi) is 3.45. The molecule has 2 N–H and O–H groups in total. The second kappa shape index (κ2) is 5.61. The number of ether oxygens (including phenoxy) is 1. The summed E-state index contributed by atoms with van der Waals surface area (Å²) in [6, 6.07) is 14.2. The first-order chi connectivity index (χ1) is 11.2. The number of nitrogen functional groups attached to an aromatic ring is 1. The zero-order valence-corrected chi connectivity index (χ0v) is 13.3. The quantitative estimate of drug-likeness (QED) is 0.728. The van der Waals surface area contributed by atoms with E-state index >= 15 is 0 Å². The lowest BCUT2D eigenvalue weighted by Gasteiger charge is -2.11. The number of hydrogen-bond donors (Lipinski definition) is 1. The smallest absolute Gasteiger partial charge is 0.119 e. The number of rotatable bonds is 5. The highest BCUT2D eigenvalue weighted by Gasteiger charge is 2.29. The van der Waals surface area contributed by atoms with E-state index in [0.717, 1.165) is 34.8 Å². The van der Waals surface area contributed by atoms with Crippen LogP contribution in [0, 0.1) is 6.92 Å². The summed E-state index contributed by atoms with van der Waals surface area (Å²) < 4.78 is 8.19. The minimum Gasteiger partial charge on any atom is -0.492 e. The number of anilines is 1. The molecule has 0 spiro atoms. The fourth-order valence-electron chi connectivity index (χ4n) is 3.03. The molecule has 2 aromatic carbocycles. The van der Waals surface area contributed by atoms with Gasteiger partial charge in [0, 0.05) is 5.92 Å². The van der Waals surface area contributed by atoms with Crippen LogP contribution in [0.15, 0.2) is 42.5 Å². The number of nitrogens with two attached hydrogens (primary N) is 1. The van der Waals surface area contributed by atoms with E-state index in [0.29, 0.717) is 12.5 Å². The Balaban J connectivity index is 1.58. The van der Waals surface area contributed by atoms with Crippen LogP contribution in [0.1, 0.15) is 30.1 Å². The average molecular weight is 307 g/mol. The minimum atomic E-state index is 0.584. The molecule has 23 heavy (non-hydrogen) atoms. The molecule has 118 valence electrons. The van der Waals surface area contributed by atoms with E-state index in [1.54, 1.807) is 0 Å². The van der Waals surface area contributed by atoms with Crippen molar-refractivity contribution in [1.82, 2.24) is 9.55 Å². The van der Waals surface area contributed by atoms with Gasteiger partial charge in [0.25, 0.3) is 0 Å². The van der Waals surface area contributed by atoms with Gasteiger partial charge in [0.1, 0.15) is 23.7 Å². The monoisotopic (exact) mass is 307 g/mol. The Morgan fingerprint density at radius 2 is 2.04 bits per heavy atom. The molecule has 1 aliphatic rings. The first-order valence-corrected chi connectivity index (χ1v) is 8.16. The van der Waals surface area contributed by atoms with Gasteiger partial charge in [-0.3, -0.25) is 0 Å².